The predicted molar refractivity (Wildman–Crippen MR) is 101 cm³/mol. The van der Waals surface area contributed by atoms with Crippen LogP contribution in [0.1, 0.15) is 66.2 Å². The summed E-state index contributed by atoms with van der Waals surface area (Å²) in [6.45, 7) is 9.03. The number of hydrogen-bond acceptors (Lipinski definition) is 6. The number of fused-ring (bicyclic) bond motifs is 1. The SMILES string of the molecule is CCC1CC2(CC(=O)OC2=O)C(CC)O1.CCC1OC(CC)C2C(=O)NCC12. The summed E-state index contributed by atoms with van der Waals surface area (Å²) in [7, 11) is 0. The Bertz CT molecular complexity index is 622. The van der Waals surface area contributed by atoms with Crippen molar-refractivity contribution in [2.24, 2.45) is 17.3 Å². The van der Waals surface area contributed by atoms with E-state index in [-0.39, 0.29) is 42.5 Å². The molecule has 0 aromatic carbocycles. The molecule has 158 valence electrons. The molecule has 4 saturated heterocycles. The molecule has 0 radical (unpaired) electrons. The van der Waals surface area contributed by atoms with Crippen molar-refractivity contribution in [3.8, 4) is 0 Å². The largest absolute Gasteiger partial charge is 0.393 e. The standard InChI is InChI=1S/C11H16O4.C10H17NO2/c1-3-7-5-11(8(4-2)14-7)6-9(12)15-10(11)13;1-3-7-6-5-11-10(12)9(6)8(4-2)13-7/h7-8H,3-6H2,1-2H3;6-9H,3-5H2,1-2H3,(H,11,12). The zero-order chi connectivity index (χ0) is 20.5. The van der Waals surface area contributed by atoms with E-state index in [0.29, 0.717) is 18.4 Å². The number of carbonyl (C=O) groups is 3. The summed E-state index contributed by atoms with van der Waals surface area (Å²) in [5, 5.41) is 2.93. The van der Waals surface area contributed by atoms with Gasteiger partial charge in [0.1, 0.15) is 5.41 Å². The second-order valence-corrected chi connectivity index (χ2v) is 8.33. The van der Waals surface area contributed by atoms with Gasteiger partial charge in [0, 0.05) is 12.5 Å². The Balaban J connectivity index is 0.000000162. The van der Waals surface area contributed by atoms with Crippen molar-refractivity contribution in [1.29, 1.82) is 0 Å². The highest BCUT2D eigenvalue weighted by molar-refractivity contribution is 5.98. The lowest BCUT2D eigenvalue weighted by molar-refractivity contribution is -0.156. The van der Waals surface area contributed by atoms with Gasteiger partial charge in [-0.05, 0) is 32.1 Å². The Hall–Kier alpha value is -1.47. The molecule has 0 saturated carbocycles. The highest BCUT2D eigenvalue weighted by Crippen LogP contribution is 2.48. The van der Waals surface area contributed by atoms with E-state index in [4.69, 9.17) is 9.47 Å². The van der Waals surface area contributed by atoms with Crippen LogP contribution in [0.5, 0.6) is 0 Å². The third-order valence-electron chi connectivity index (χ3n) is 6.77. The summed E-state index contributed by atoms with van der Waals surface area (Å²) in [5.41, 5.74) is -0.674. The van der Waals surface area contributed by atoms with Crippen LogP contribution < -0.4 is 5.32 Å². The third-order valence-corrected chi connectivity index (χ3v) is 6.77. The molecule has 0 bridgehead atoms. The molecule has 1 spiro atoms. The van der Waals surface area contributed by atoms with E-state index in [1.807, 2.05) is 13.8 Å². The minimum atomic E-state index is -0.674. The Morgan fingerprint density at radius 1 is 0.964 bits per heavy atom. The smallest absolute Gasteiger partial charge is 0.323 e. The first-order valence-corrected chi connectivity index (χ1v) is 10.7. The molecule has 7 nitrogen and oxygen atoms in total. The van der Waals surface area contributed by atoms with Gasteiger partial charge >= 0.3 is 11.9 Å². The number of esters is 2. The van der Waals surface area contributed by atoms with Crippen molar-refractivity contribution in [1.82, 2.24) is 5.32 Å². The Morgan fingerprint density at radius 3 is 2.21 bits per heavy atom. The summed E-state index contributed by atoms with van der Waals surface area (Å²) in [6, 6.07) is 0. The molecule has 4 aliphatic rings. The van der Waals surface area contributed by atoms with Crippen LogP contribution in [0.4, 0.5) is 0 Å². The number of cyclic esters (lactones) is 2. The molecule has 7 heteroatoms. The number of nitrogens with one attached hydrogen (secondary N) is 1. The fourth-order valence-corrected chi connectivity index (χ4v) is 5.27. The Labute approximate surface area is 166 Å². The summed E-state index contributed by atoms with van der Waals surface area (Å²) in [4.78, 5) is 34.4. The van der Waals surface area contributed by atoms with Crippen LogP contribution in [-0.4, -0.2) is 48.8 Å². The number of hydrogen-bond donors (Lipinski definition) is 1. The van der Waals surface area contributed by atoms with Crippen molar-refractivity contribution in [2.45, 2.75) is 90.6 Å². The summed E-state index contributed by atoms with van der Waals surface area (Å²) in [6.07, 6.45) is 4.82. The van der Waals surface area contributed by atoms with Gasteiger partial charge in [0.05, 0.1) is 36.8 Å². The van der Waals surface area contributed by atoms with Crippen LogP contribution in [0.25, 0.3) is 0 Å². The average molecular weight is 395 g/mol. The molecule has 0 aromatic heterocycles. The van der Waals surface area contributed by atoms with E-state index >= 15 is 0 Å². The zero-order valence-corrected chi connectivity index (χ0v) is 17.4. The maximum atomic E-state index is 11.7. The van der Waals surface area contributed by atoms with E-state index in [1.165, 1.54) is 0 Å². The van der Waals surface area contributed by atoms with Crippen LogP contribution in [0.3, 0.4) is 0 Å². The summed E-state index contributed by atoms with van der Waals surface area (Å²) in [5.74, 6) is -0.0145. The van der Waals surface area contributed by atoms with E-state index in [0.717, 1.165) is 32.2 Å². The second-order valence-electron chi connectivity index (χ2n) is 8.33. The van der Waals surface area contributed by atoms with Gasteiger partial charge < -0.3 is 19.5 Å². The van der Waals surface area contributed by atoms with E-state index in [1.54, 1.807) is 0 Å². The first-order chi connectivity index (χ1) is 13.4. The van der Waals surface area contributed by atoms with Gasteiger partial charge in [-0.15, -0.1) is 0 Å². The van der Waals surface area contributed by atoms with Crippen molar-refractivity contribution < 1.29 is 28.6 Å². The number of ether oxygens (including phenoxy) is 3. The molecule has 1 N–H and O–H groups in total. The van der Waals surface area contributed by atoms with Gasteiger partial charge in [-0.2, -0.15) is 0 Å². The zero-order valence-electron chi connectivity index (χ0n) is 17.4. The van der Waals surface area contributed by atoms with Crippen LogP contribution >= 0.6 is 0 Å². The fraction of sp³-hybridized carbons (Fsp3) is 0.857. The van der Waals surface area contributed by atoms with E-state index < -0.39 is 11.4 Å². The van der Waals surface area contributed by atoms with Crippen molar-refractivity contribution in [2.75, 3.05) is 6.54 Å². The van der Waals surface area contributed by atoms with Gasteiger partial charge in [-0.1, -0.05) is 27.7 Å². The van der Waals surface area contributed by atoms with Crippen LogP contribution in [-0.2, 0) is 28.6 Å². The normalized spacial score (nSPS) is 41.6. The summed E-state index contributed by atoms with van der Waals surface area (Å²) < 4.78 is 16.3. The number of amides is 1. The minimum Gasteiger partial charge on any atom is -0.393 e. The molecule has 4 rings (SSSR count). The number of carbonyl (C=O) groups excluding carboxylic acids is 3. The van der Waals surface area contributed by atoms with Gasteiger partial charge in [-0.3, -0.25) is 14.4 Å². The average Bonchev–Trinajstić information content (AvgIpc) is 3.40. The monoisotopic (exact) mass is 395 g/mol. The lowest BCUT2D eigenvalue weighted by Crippen LogP contribution is -2.34. The highest BCUT2D eigenvalue weighted by atomic mass is 16.6. The topological polar surface area (TPSA) is 90.9 Å². The summed E-state index contributed by atoms with van der Waals surface area (Å²) >= 11 is 0. The number of rotatable bonds is 4. The predicted octanol–water partition coefficient (Wildman–Crippen LogP) is 2.36. The Kier molecular flexibility index (Phi) is 6.44. The molecular formula is C21H33NO6. The third kappa shape index (κ3) is 3.59. The van der Waals surface area contributed by atoms with E-state index in [9.17, 15) is 14.4 Å². The van der Waals surface area contributed by atoms with Crippen molar-refractivity contribution in [3.05, 3.63) is 0 Å². The van der Waals surface area contributed by atoms with Crippen LogP contribution in [0.15, 0.2) is 0 Å². The molecule has 7 atom stereocenters. The van der Waals surface area contributed by atoms with Crippen molar-refractivity contribution >= 4 is 17.8 Å². The fourth-order valence-electron chi connectivity index (χ4n) is 5.27. The van der Waals surface area contributed by atoms with E-state index in [2.05, 4.69) is 23.9 Å². The molecular weight excluding hydrogens is 362 g/mol. The first-order valence-electron chi connectivity index (χ1n) is 10.7. The minimum absolute atomic E-state index is 0.0911. The maximum Gasteiger partial charge on any atom is 0.323 e. The molecule has 7 unspecified atom stereocenters. The van der Waals surface area contributed by atoms with Crippen molar-refractivity contribution in [3.63, 3.8) is 0 Å². The molecule has 4 aliphatic heterocycles. The first kappa shape index (κ1) is 21.2. The lowest BCUT2D eigenvalue weighted by Gasteiger charge is -2.22. The van der Waals surface area contributed by atoms with Crippen LogP contribution in [0, 0.1) is 17.3 Å². The molecule has 4 fully saturated rings. The lowest BCUT2D eigenvalue weighted by atomic mass is 9.77. The van der Waals surface area contributed by atoms with Gasteiger partial charge in [0.25, 0.3) is 0 Å². The second kappa shape index (κ2) is 8.49. The van der Waals surface area contributed by atoms with Gasteiger partial charge in [0.15, 0.2) is 0 Å². The molecule has 1 amide bonds. The maximum absolute atomic E-state index is 11.7. The van der Waals surface area contributed by atoms with Gasteiger partial charge in [-0.25, -0.2) is 0 Å². The molecule has 28 heavy (non-hydrogen) atoms. The molecule has 4 heterocycles. The highest BCUT2D eigenvalue weighted by Gasteiger charge is 2.59. The quantitative estimate of drug-likeness (QED) is 0.580. The molecule has 0 aromatic rings. The molecule has 0 aliphatic carbocycles. The van der Waals surface area contributed by atoms with Gasteiger partial charge in [0.2, 0.25) is 5.91 Å². The van der Waals surface area contributed by atoms with Crippen LogP contribution in [0.2, 0.25) is 0 Å². The Morgan fingerprint density at radius 2 is 1.68 bits per heavy atom.